The maximum atomic E-state index is 11.9. The van der Waals surface area contributed by atoms with E-state index in [2.05, 4.69) is 0 Å². The third-order valence-electron chi connectivity index (χ3n) is 4.14. The molecule has 0 N–H and O–H groups in total. The van der Waals surface area contributed by atoms with Crippen LogP contribution < -0.4 is 0 Å². The highest BCUT2D eigenvalue weighted by Crippen LogP contribution is 2.21. The van der Waals surface area contributed by atoms with Crippen LogP contribution in [-0.4, -0.2) is 29.6 Å². The van der Waals surface area contributed by atoms with Gasteiger partial charge < -0.3 is 9.47 Å². The van der Waals surface area contributed by atoms with Crippen molar-refractivity contribution in [3.05, 3.63) is 82.0 Å². The zero-order valence-electron chi connectivity index (χ0n) is 15.5. The Morgan fingerprint density at radius 2 is 2.15 bits per heavy atom. The third-order valence-corrected chi connectivity index (χ3v) is 4.14. The first-order valence-corrected chi connectivity index (χ1v) is 9.04. The van der Waals surface area contributed by atoms with Gasteiger partial charge in [-0.15, -0.1) is 0 Å². The predicted molar refractivity (Wildman–Crippen MR) is 103 cm³/mol. The summed E-state index contributed by atoms with van der Waals surface area (Å²) in [4.78, 5) is 22.4. The summed E-state index contributed by atoms with van der Waals surface area (Å²) in [7, 11) is 0. The Hall–Kier alpha value is -2.73. The molecule has 0 fully saturated rings. The summed E-state index contributed by atoms with van der Waals surface area (Å²) in [6.45, 7) is 2.73. The molecule has 2 unspecified atom stereocenters. The molecule has 0 aliphatic heterocycles. The number of rotatable bonds is 9. The van der Waals surface area contributed by atoms with E-state index in [0.717, 1.165) is 11.1 Å². The van der Waals surface area contributed by atoms with Crippen molar-refractivity contribution in [1.82, 2.24) is 0 Å². The lowest BCUT2D eigenvalue weighted by molar-refractivity contribution is -0.523. The van der Waals surface area contributed by atoms with Crippen molar-refractivity contribution >= 4 is 5.97 Å². The Bertz CT molecular complexity index is 709. The summed E-state index contributed by atoms with van der Waals surface area (Å²) in [5.41, 5.74) is 1.91. The van der Waals surface area contributed by atoms with Gasteiger partial charge in [0.05, 0.1) is 13.2 Å². The van der Waals surface area contributed by atoms with Gasteiger partial charge in [0.25, 0.3) is 0 Å². The molecular weight excluding hydrogens is 346 g/mol. The normalized spacial score (nSPS) is 18.4. The molecular formula is C21H25NO5. The van der Waals surface area contributed by atoms with E-state index in [-0.39, 0.29) is 11.0 Å². The fourth-order valence-electron chi connectivity index (χ4n) is 2.74. The molecule has 0 amide bonds. The molecule has 0 spiro atoms. The van der Waals surface area contributed by atoms with Crippen molar-refractivity contribution in [1.29, 1.82) is 0 Å². The predicted octanol–water partition coefficient (Wildman–Crippen LogP) is 4.00. The van der Waals surface area contributed by atoms with Gasteiger partial charge in [-0.05, 0) is 30.6 Å². The largest absolute Gasteiger partial charge is 0.455 e. The number of esters is 1. The molecule has 0 bridgehead atoms. The summed E-state index contributed by atoms with van der Waals surface area (Å²) in [5.74, 6) is -0.471. The lowest BCUT2D eigenvalue weighted by Gasteiger charge is -2.14. The number of ether oxygens (including phenoxy) is 2. The zero-order valence-corrected chi connectivity index (χ0v) is 15.5. The van der Waals surface area contributed by atoms with Gasteiger partial charge in [0.15, 0.2) is 0 Å². The molecule has 0 saturated carbocycles. The molecule has 2 rings (SSSR count). The number of benzene rings is 1. The molecule has 1 aromatic rings. The molecule has 1 aliphatic rings. The molecule has 0 radical (unpaired) electrons. The molecule has 2 atom stereocenters. The molecule has 27 heavy (non-hydrogen) atoms. The highest BCUT2D eigenvalue weighted by molar-refractivity contribution is 5.82. The molecule has 6 nitrogen and oxygen atoms in total. The highest BCUT2D eigenvalue weighted by Gasteiger charge is 2.23. The summed E-state index contributed by atoms with van der Waals surface area (Å²) in [6, 6.07) is 9.31. The maximum Gasteiger partial charge on any atom is 0.331 e. The second-order valence-electron chi connectivity index (χ2n) is 6.40. The van der Waals surface area contributed by atoms with Crippen molar-refractivity contribution in [3.63, 3.8) is 0 Å². The molecule has 6 heteroatoms. The molecule has 1 aromatic carbocycles. The Morgan fingerprint density at radius 3 is 2.89 bits per heavy atom. The molecule has 144 valence electrons. The maximum absolute atomic E-state index is 11.9. The van der Waals surface area contributed by atoms with E-state index in [1.54, 1.807) is 19.1 Å². The van der Waals surface area contributed by atoms with E-state index in [0.29, 0.717) is 32.5 Å². The standard InChI is InChI=1S/C21H25NO5/c1-17(7-6-14-26-16-19-8-3-2-4-9-19)27-21(23)13-12-18-10-5-11-20(15-18)22(24)25/h2-4,6-10,12-13,17,20H,5,11,14-16H2,1H3/b7-6-,13-12+. The van der Waals surface area contributed by atoms with Crippen molar-refractivity contribution in [2.45, 2.75) is 44.9 Å². The van der Waals surface area contributed by atoms with Crippen molar-refractivity contribution in [3.8, 4) is 0 Å². The third kappa shape index (κ3) is 8.00. The van der Waals surface area contributed by atoms with E-state index < -0.39 is 12.0 Å². The smallest absolute Gasteiger partial charge is 0.331 e. The highest BCUT2D eigenvalue weighted by atomic mass is 16.6. The van der Waals surface area contributed by atoms with Crippen LogP contribution in [0.2, 0.25) is 0 Å². The average molecular weight is 371 g/mol. The van der Waals surface area contributed by atoms with Crippen LogP contribution in [0.15, 0.2) is 66.3 Å². The van der Waals surface area contributed by atoms with Crippen LogP contribution in [0.25, 0.3) is 0 Å². The molecule has 0 heterocycles. The van der Waals surface area contributed by atoms with Gasteiger partial charge in [0.1, 0.15) is 6.10 Å². The fourth-order valence-corrected chi connectivity index (χ4v) is 2.74. The number of hydrogen-bond acceptors (Lipinski definition) is 5. The van der Waals surface area contributed by atoms with Crippen LogP contribution in [0.1, 0.15) is 31.7 Å². The second kappa shape index (κ2) is 11.1. The van der Waals surface area contributed by atoms with E-state index in [1.807, 2.05) is 42.5 Å². The molecule has 0 aromatic heterocycles. The van der Waals surface area contributed by atoms with Gasteiger partial charge in [0, 0.05) is 23.8 Å². The van der Waals surface area contributed by atoms with E-state index in [9.17, 15) is 14.9 Å². The average Bonchev–Trinajstić information content (AvgIpc) is 2.67. The van der Waals surface area contributed by atoms with Crippen LogP contribution in [0.4, 0.5) is 0 Å². The van der Waals surface area contributed by atoms with Crippen LogP contribution >= 0.6 is 0 Å². The lowest BCUT2D eigenvalue weighted by Crippen LogP contribution is -2.22. The first-order valence-electron chi connectivity index (χ1n) is 9.04. The van der Waals surface area contributed by atoms with Crippen LogP contribution in [-0.2, 0) is 20.9 Å². The minimum atomic E-state index is -0.566. The van der Waals surface area contributed by atoms with E-state index >= 15 is 0 Å². The SMILES string of the molecule is CC(/C=C\COCc1ccccc1)OC(=O)/C=C/C1=CCCC([N+](=O)[O-])C1. The van der Waals surface area contributed by atoms with Crippen molar-refractivity contribution in [2.75, 3.05) is 6.61 Å². The number of allylic oxidation sites excluding steroid dienone is 2. The Balaban J connectivity index is 1.67. The van der Waals surface area contributed by atoms with E-state index in [1.165, 1.54) is 6.08 Å². The Morgan fingerprint density at radius 1 is 1.37 bits per heavy atom. The van der Waals surface area contributed by atoms with Crippen LogP contribution in [0, 0.1) is 10.1 Å². The summed E-state index contributed by atoms with van der Waals surface area (Å²) < 4.78 is 10.8. The first-order chi connectivity index (χ1) is 13.0. The Labute approximate surface area is 159 Å². The van der Waals surface area contributed by atoms with Gasteiger partial charge in [-0.1, -0.05) is 48.6 Å². The van der Waals surface area contributed by atoms with Gasteiger partial charge >= 0.3 is 5.97 Å². The fraction of sp³-hybridized carbons (Fsp3) is 0.381. The summed E-state index contributed by atoms with van der Waals surface area (Å²) >= 11 is 0. The van der Waals surface area contributed by atoms with Crippen LogP contribution in [0.5, 0.6) is 0 Å². The lowest BCUT2D eigenvalue weighted by atomic mass is 9.95. The molecule has 0 saturated heterocycles. The zero-order chi connectivity index (χ0) is 19.5. The van der Waals surface area contributed by atoms with Crippen LogP contribution in [0.3, 0.4) is 0 Å². The number of hydrogen-bond donors (Lipinski definition) is 0. The molecule has 1 aliphatic carbocycles. The second-order valence-corrected chi connectivity index (χ2v) is 6.40. The number of nitro groups is 1. The van der Waals surface area contributed by atoms with Crippen molar-refractivity contribution < 1.29 is 19.2 Å². The van der Waals surface area contributed by atoms with Gasteiger partial charge in [0.2, 0.25) is 6.04 Å². The minimum Gasteiger partial charge on any atom is -0.455 e. The summed E-state index contributed by atoms with van der Waals surface area (Å²) in [5, 5.41) is 10.9. The van der Waals surface area contributed by atoms with Gasteiger partial charge in [-0.25, -0.2) is 4.79 Å². The van der Waals surface area contributed by atoms with Crippen molar-refractivity contribution in [2.24, 2.45) is 0 Å². The Kier molecular flexibility index (Phi) is 8.45. The first kappa shape index (κ1) is 20.6. The number of nitrogens with zero attached hydrogens (tertiary/aromatic N) is 1. The van der Waals surface area contributed by atoms with E-state index in [4.69, 9.17) is 9.47 Å². The van der Waals surface area contributed by atoms with Gasteiger partial charge in [-0.3, -0.25) is 10.1 Å². The monoisotopic (exact) mass is 371 g/mol. The topological polar surface area (TPSA) is 78.7 Å². The minimum absolute atomic E-state index is 0.258. The summed E-state index contributed by atoms with van der Waals surface area (Å²) in [6.07, 6.45) is 9.61. The van der Waals surface area contributed by atoms with Gasteiger partial charge in [-0.2, -0.15) is 0 Å². The number of carbonyl (C=O) groups excluding carboxylic acids is 1. The number of carbonyl (C=O) groups is 1. The quantitative estimate of drug-likeness (QED) is 0.164.